The number of carbonyl (C=O) groups is 1. The number of hydrogen-bond acceptors (Lipinski definition) is 5. The topological polar surface area (TPSA) is 114 Å². The highest BCUT2D eigenvalue weighted by Crippen LogP contribution is 2.32. The van der Waals surface area contributed by atoms with Crippen LogP contribution in [0.5, 0.6) is 11.5 Å². The highest BCUT2D eigenvalue weighted by Gasteiger charge is 2.16. The molecule has 0 spiro atoms. The molecule has 2 aromatic carbocycles. The van der Waals surface area contributed by atoms with Gasteiger partial charge in [-0.1, -0.05) is 18.2 Å². The second-order valence-corrected chi connectivity index (χ2v) is 5.22. The van der Waals surface area contributed by atoms with Crippen LogP contribution in [-0.4, -0.2) is 11.1 Å². The summed E-state index contributed by atoms with van der Waals surface area (Å²) in [6, 6.07) is 7.67. The standard InChI is InChI=1S/C16H19FN4O3/c1-9-7-13(10(2)14(17)15(9)22)24-8-11-5-3-4-6-12(11)21(19)16(23)20-18/h3-7,22H,8,18-19H2,1-2H3,(H,20,23). The Morgan fingerprint density at radius 3 is 2.71 bits per heavy atom. The van der Waals surface area contributed by atoms with E-state index in [1.807, 2.05) is 5.43 Å². The van der Waals surface area contributed by atoms with Gasteiger partial charge in [-0.3, -0.25) is 5.43 Å². The Kier molecular flexibility index (Phi) is 5.22. The summed E-state index contributed by atoms with van der Waals surface area (Å²) in [7, 11) is 0. The maximum Gasteiger partial charge on any atom is 0.350 e. The molecule has 0 bridgehead atoms. The summed E-state index contributed by atoms with van der Waals surface area (Å²) in [5.41, 5.74) is 3.50. The lowest BCUT2D eigenvalue weighted by molar-refractivity contribution is 0.246. The van der Waals surface area contributed by atoms with E-state index in [-0.39, 0.29) is 12.2 Å². The van der Waals surface area contributed by atoms with Gasteiger partial charge in [0.1, 0.15) is 12.4 Å². The van der Waals surface area contributed by atoms with Gasteiger partial charge in [-0.05, 0) is 31.5 Å². The molecule has 0 aromatic heterocycles. The summed E-state index contributed by atoms with van der Waals surface area (Å²) >= 11 is 0. The predicted octanol–water partition coefficient (Wildman–Crippen LogP) is 1.99. The van der Waals surface area contributed by atoms with Crippen molar-refractivity contribution in [3.63, 3.8) is 0 Å². The Balaban J connectivity index is 2.27. The first-order chi connectivity index (χ1) is 11.4. The van der Waals surface area contributed by atoms with Gasteiger partial charge in [0, 0.05) is 11.1 Å². The summed E-state index contributed by atoms with van der Waals surface area (Å²) < 4.78 is 19.6. The lowest BCUT2D eigenvalue weighted by Gasteiger charge is -2.20. The molecule has 7 nitrogen and oxygen atoms in total. The number of nitrogens with two attached hydrogens (primary N) is 2. The number of para-hydroxylation sites is 1. The third-order valence-corrected chi connectivity index (χ3v) is 3.60. The van der Waals surface area contributed by atoms with Crippen LogP contribution >= 0.6 is 0 Å². The lowest BCUT2D eigenvalue weighted by atomic mass is 10.1. The fourth-order valence-corrected chi connectivity index (χ4v) is 2.18. The molecule has 0 atom stereocenters. The number of benzene rings is 2. The van der Waals surface area contributed by atoms with Crippen molar-refractivity contribution in [2.75, 3.05) is 5.01 Å². The minimum atomic E-state index is -0.721. The second kappa shape index (κ2) is 7.16. The van der Waals surface area contributed by atoms with Crippen molar-refractivity contribution in [2.45, 2.75) is 20.5 Å². The van der Waals surface area contributed by atoms with Crippen LogP contribution < -0.4 is 26.9 Å². The van der Waals surface area contributed by atoms with Gasteiger partial charge in [0.05, 0.1) is 5.69 Å². The highest BCUT2D eigenvalue weighted by molar-refractivity contribution is 5.91. The van der Waals surface area contributed by atoms with Crippen LogP contribution in [0, 0.1) is 19.7 Å². The van der Waals surface area contributed by atoms with E-state index in [0.29, 0.717) is 22.6 Å². The molecule has 0 unspecified atom stereocenters. The molecule has 0 heterocycles. The number of urea groups is 1. The second-order valence-electron chi connectivity index (χ2n) is 5.22. The SMILES string of the molecule is Cc1cc(OCc2ccccc2N(N)C(=O)NN)c(C)c(F)c1O. The number of rotatable bonds is 4. The van der Waals surface area contributed by atoms with Crippen LogP contribution in [0.4, 0.5) is 14.9 Å². The number of aryl methyl sites for hydroxylation is 1. The normalized spacial score (nSPS) is 10.4. The molecule has 0 aliphatic heterocycles. The van der Waals surface area contributed by atoms with Crippen molar-refractivity contribution >= 4 is 11.7 Å². The number of halogens is 1. The smallest absolute Gasteiger partial charge is 0.350 e. The van der Waals surface area contributed by atoms with Gasteiger partial charge in [-0.15, -0.1) is 0 Å². The number of nitrogens with one attached hydrogen (secondary N) is 1. The maximum atomic E-state index is 13.9. The van der Waals surface area contributed by atoms with E-state index in [0.717, 1.165) is 5.01 Å². The number of carbonyl (C=O) groups excluding carboxylic acids is 1. The number of amides is 2. The van der Waals surface area contributed by atoms with Crippen molar-refractivity contribution in [3.05, 3.63) is 52.8 Å². The van der Waals surface area contributed by atoms with E-state index in [9.17, 15) is 14.3 Å². The molecule has 0 radical (unpaired) electrons. The van der Waals surface area contributed by atoms with E-state index < -0.39 is 17.6 Å². The van der Waals surface area contributed by atoms with Crippen molar-refractivity contribution in [2.24, 2.45) is 11.7 Å². The number of hydrazine groups is 2. The molecule has 0 aliphatic rings. The number of hydrogen-bond donors (Lipinski definition) is 4. The Hall–Kier alpha value is -2.84. The number of phenolic OH excluding ortho intramolecular Hbond substituents is 1. The van der Waals surface area contributed by atoms with E-state index in [2.05, 4.69) is 0 Å². The Morgan fingerprint density at radius 2 is 2.04 bits per heavy atom. The average molecular weight is 334 g/mol. The highest BCUT2D eigenvalue weighted by atomic mass is 19.1. The van der Waals surface area contributed by atoms with Gasteiger partial charge in [0.25, 0.3) is 0 Å². The summed E-state index contributed by atoms with van der Waals surface area (Å²) in [4.78, 5) is 11.6. The molecule has 0 saturated heterocycles. The number of ether oxygens (including phenoxy) is 1. The average Bonchev–Trinajstić information content (AvgIpc) is 2.60. The van der Waals surface area contributed by atoms with Gasteiger partial charge in [0.15, 0.2) is 11.6 Å². The molecule has 24 heavy (non-hydrogen) atoms. The monoisotopic (exact) mass is 334 g/mol. The van der Waals surface area contributed by atoms with Gasteiger partial charge >= 0.3 is 6.03 Å². The zero-order valence-corrected chi connectivity index (χ0v) is 13.3. The molecule has 0 aliphatic carbocycles. The van der Waals surface area contributed by atoms with Crippen molar-refractivity contribution in [3.8, 4) is 11.5 Å². The van der Waals surface area contributed by atoms with Crippen LogP contribution in [-0.2, 0) is 6.61 Å². The van der Waals surface area contributed by atoms with Crippen LogP contribution in [0.1, 0.15) is 16.7 Å². The Bertz CT molecular complexity index is 767. The van der Waals surface area contributed by atoms with Crippen molar-refractivity contribution in [1.29, 1.82) is 0 Å². The van der Waals surface area contributed by atoms with Crippen LogP contribution in [0.2, 0.25) is 0 Å². The summed E-state index contributed by atoms with van der Waals surface area (Å²) in [6.45, 7) is 3.13. The molecule has 2 amide bonds. The Morgan fingerprint density at radius 1 is 1.38 bits per heavy atom. The number of nitrogens with zero attached hydrogens (tertiary/aromatic N) is 1. The minimum Gasteiger partial charge on any atom is -0.505 e. The first-order valence-corrected chi connectivity index (χ1v) is 7.11. The van der Waals surface area contributed by atoms with E-state index >= 15 is 0 Å². The van der Waals surface area contributed by atoms with Gasteiger partial charge in [-0.25, -0.2) is 25.9 Å². The van der Waals surface area contributed by atoms with Gasteiger partial charge in [0.2, 0.25) is 0 Å². The third kappa shape index (κ3) is 3.39. The summed E-state index contributed by atoms with van der Waals surface area (Å²) in [5.74, 6) is 9.96. The molecule has 128 valence electrons. The molecule has 8 heteroatoms. The van der Waals surface area contributed by atoms with Gasteiger partial charge in [-0.2, -0.15) is 0 Å². The fraction of sp³-hybridized carbons (Fsp3) is 0.188. The number of anilines is 1. The molecule has 2 aromatic rings. The zero-order chi connectivity index (χ0) is 17.9. The summed E-state index contributed by atoms with van der Waals surface area (Å²) in [5, 5.41) is 10.4. The molecular formula is C16H19FN4O3. The Labute approximate surface area is 138 Å². The number of aromatic hydroxyl groups is 1. The zero-order valence-electron chi connectivity index (χ0n) is 13.3. The fourth-order valence-electron chi connectivity index (χ4n) is 2.18. The first kappa shape index (κ1) is 17.5. The van der Waals surface area contributed by atoms with Crippen LogP contribution in [0.3, 0.4) is 0 Å². The third-order valence-electron chi connectivity index (χ3n) is 3.60. The lowest BCUT2D eigenvalue weighted by Crippen LogP contribution is -2.48. The van der Waals surface area contributed by atoms with Crippen molar-refractivity contribution < 1.29 is 19.0 Å². The number of phenols is 1. The minimum absolute atomic E-state index is 0.0478. The largest absolute Gasteiger partial charge is 0.505 e. The van der Waals surface area contributed by atoms with E-state index in [4.69, 9.17) is 16.4 Å². The van der Waals surface area contributed by atoms with Gasteiger partial charge < -0.3 is 9.84 Å². The molecule has 2 rings (SSSR count). The maximum absolute atomic E-state index is 13.9. The first-order valence-electron chi connectivity index (χ1n) is 7.11. The summed E-state index contributed by atoms with van der Waals surface area (Å²) in [6.07, 6.45) is 0. The molecule has 0 saturated carbocycles. The predicted molar refractivity (Wildman–Crippen MR) is 87.7 cm³/mol. The van der Waals surface area contributed by atoms with Crippen LogP contribution in [0.25, 0.3) is 0 Å². The van der Waals surface area contributed by atoms with Crippen LogP contribution in [0.15, 0.2) is 30.3 Å². The molecule has 0 fully saturated rings. The van der Waals surface area contributed by atoms with E-state index in [1.54, 1.807) is 37.3 Å². The van der Waals surface area contributed by atoms with Crippen molar-refractivity contribution in [1.82, 2.24) is 5.43 Å². The quantitative estimate of drug-likeness (QED) is 0.388. The molecular weight excluding hydrogens is 315 g/mol. The van der Waals surface area contributed by atoms with E-state index in [1.165, 1.54) is 6.92 Å². The molecule has 6 N–H and O–H groups in total.